The van der Waals surface area contributed by atoms with Crippen LogP contribution in [0.4, 0.5) is 18.9 Å². The van der Waals surface area contributed by atoms with E-state index >= 15 is 0 Å². The number of ether oxygens (including phenoxy) is 1. The number of carbonyl (C=O) groups excluding carboxylic acids is 1. The molecule has 20 heavy (non-hydrogen) atoms. The molecule has 1 rings (SSSR count). The molecule has 0 unspecified atom stereocenters. The van der Waals surface area contributed by atoms with Gasteiger partial charge in [0.05, 0.1) is 18.3 Å². The third-order valence-electron chi connectivity index (χ3n) is 2.46. The maximum absolute atomic E-state index is 12.7. The van der Waals surface area contributed by atoms with Gasteiger partial charge >= 0.3 is 6.18 Å². The number of amides is 1. The molecule has 0 aromatic heterocycles. The molecule has 1 amide bonds. The number of rotatable bonds is 5. The second-order valence-electron chi connectivity index (χ2n) is 4.48. The van der Waals surface area contributed by atoms with Crippen molar-refractivity contribution in [1.82, 2.24) is 5.32 Å². The van der Waals surface area contributed by atoms with E-state index in [0.717, 1.165) is 12.1 Å². The molecular formula is C13H17F3N2O2. The van der Waals surface area contributed by atoms with Crippen molar-refractivity contribution < 1.29 is 22.7 Å². The highest BCUT2D eigenvalue weighted by molar-refractivity contribution is 5.94. The Morgan fingerprint density at radius 3 is 2.60 bits per heavy atom. The quantitative estimate of drug-likeness (QED) is 0.646. The second-order valence-corrected chi connectivity index (χ2v) is 4.48. The first-order valence-corrected chi connectivity index (χ1v) is 6.08. The third-order valence-corrected chi connectivity index (χ3v) is 2.46. The summed E-state index contributed by atoms with van der Waals surface area (Å²) in [5.41, 5.74) is 3.76. The summed E-state index contributed by atoms with van der Waals surface area (Å²) in [6, 6.07) is 3.07. The Kier molecular flexibility index (Phi) is 5.38. The maximum atomic E-state index is 12.7. The molecule has 0 aliphatic rings. The van der Waals surface area contributed by atoms with Crippen LogP contribution in [-0.2, 0) is 10.9 Å². The first-order valence-electron chi connectivity index (χ1n) is 6.08. The van der Waals surface area contributed by atoms with Crippen LogP contribution in [0.25, 0.3) is 0 Å². The number of hydrogen-bond acceptors (Lipinski definition) is 3. The lowest BCUT2D eigenvalue weighted by molar-refractivity contribution is -0.136. The first-order chi connectivity index (χ1) is 9.21. The molecule has 1 aromatic carbocycles. The summed E-state index contributed by atoms with van der Waals surface area (Å²) in [4.78, 5) is 11.7. The van der Waals surface area contributed by atoms with Gasteiger partial charge in [-0.1, -0.05) is 0 Å². The minimum absolute atomic E-state index is 0.0280. The zero-order valence-corrected chi connectivity index (χ0v) is 11.3. The number of nitrogens with two attached hydrogens (primary N) is 1. The van der Waals surface area contributed by atoms with E-state index in [9.17, 15) is 18.0 Å². The number of carbonyl (C=O) groups is 1. The molecule has 0 fully saturated rings. The summed E-state index contributed by atoms with van der Waals surface area (Å²) in [5.74, 6) is -0.595. The molecule has 0 spiro atoms. The zero-order chi connectivity index (χ0) is 15.3. The Labute approximate surface area is 115 Å². The van der Waals surface area contributed by atoms with E-state index in [1.165, 1.54) is 6.07 Å². The Morgan fingerprint density at radius 1 is 1.40 bits per heavy atom. The standard InChI is InChI=1S/C13H17F3N2O2/c1-8(2)20-6-5-18-12(19)9-3-4-11(17)10(7-9)13(14,15)16/h3-4,7-8H,5-6,17H2,1-2H3,(H,18,19). The number of halogens is 3. The Hall–Kier alpha value is -1.76. The fourth-order valence-electron chi connectivity index (χ4n) is 1.50. The van der Waals surface area contributed by atoms with E-state index in [1.807, 2.05) is 13.8 Å². The van der Waals surface area contributed by atoms with Gasteiger partial charge in [-0.2, -0.15) is 13.2 Å². The molecule has 3 N–H and O–H groups in total. The average molecular weight is 290 g/mol. The van der Waals surface area contributed by atoms with Gasteiger partial charge in [0.2, 0.25) is 0 Å². The number of nitrogens with one attached hydrogen (secondary N) is 1. The zero-order valence-electron chi connectivity index (χ0n) is 11.3. The molecule has 0 saturated carbocycles. The van der Waals surface area contributed by atoms with E-state index in [0.29, 0.717) is 6.61 Å². The van der Waals surface area contributed by atoms with Crippen LogP contribution in [0, 0.1) is 0 Å². The highest BCUT2D eigenvalue weighted by Gasteiger charge is 2.33. The van der Waals surface area contributed by atoms with Crippen molar-refractivity contribution in [3.63, 3.8) is 0 Å². The first kappa shape index (κ1) is 16.3. The van der Waals surface area contributed by atoms with E-state index < -0.39 is 23.3 Å². The van der Waals surface area contributed by atoms with Gasteiger partial charge < -0.3 is 15.8 Å². The van der Waals surface area contributed by atoms with Gasteiger partial charge in [-0.3, -0.25) is 4.79 Å². The van der Waals surface area contributed by atoms with Gasteiger partial charge in [-0.15, -0.1) is 0 Å². The highest BCUT2D eigenvalue weighted by Crippen LogP contribution is 2.33. The maximum Gasteiger partial charge on any atom is 0.418 e. The Balaban J connectivity index is 2.70. The van der Waals surface area contributed by atoms with Crippen molar-refractivity contribution in [3.8, 4) is 0 Å². The monoisotopic (exact) mass is 290 g/mol. The summed E-state index contributed by atoms with van der Waals surface area (Å²) < 4.78 is 43.2. The van der Waals surface area contributed by atoms with Gasteiger partial charge in [-0.25, -0.2) is 0 Å². The van der Waals surface area contributed by atoms with Crippen LogP contribution < -0.4 is 11.1 Å². The number of anilines is 1. The normalized spacial score (nSPS) is 11.7. The van der Waals surface area contributed by atoms with Crippen molar-refractivity contribution in [2.45, 2.75) is 26.1 Å². The number of benzene rings is 1. The van der Waals surface area contributed by atoms with E-state index in [-0.39, 0.29) is 18.2 Å². The topological polar surface area (TPSA) is 64.3 Å². The molecular weight excluding hydrogens is 273 g/mol. The lowest BCUT2D eigenvalue weighted by Gasteiger charge is -2.12. The summed E-state index contributed by atoms with van der Waals surface area (Å²) in [5, 5.41) is 2.48. The van der Waals surface area contributed by atoms with Crippen molar-refractivity contribution >= 4 is 11.6 Å². The van der Waals surface area contributed by atoms with Crippen LogP contribution in [0.5, 0.6) is 0 Å². The van der Waals surface area contributed by atoms with Crippen LogP contribution in [0.3, 0.4) is 0 Å². The lowest BCUT2D eigenvalue weighted by atomic mass is 10.1. The van der Waals surface area contributed by atoms with Crippen LogP contribution in [-0.4, -0.2) is 25.2 Å². The largest absolute Gasteiger partial charge is 0.418 e. The minimum Gasteiger partial charge on any atom is -0.398 e. The molecule has 7 heteroatoms. The molecule has 112 valence electrons. The molecule has 4 nitrogen and oxygen atoms in total. The van der Waals surface area contributed by atoms with E-state index in [1.54, 1.807) is 0 Å². The van der Waals surface area contributed by atoms with Crippen molar-refractivity contribution in [1.29, 1.82) is 0 Å². The molecule has 0 saturated heterocycles. The number of nitrogen functional groups attached to an aromatic ring is 1. The third kappa shape index (κ3) is 4.73. The fourth-order valence-corrected chi connectivity index (χ4v) is 1.50. The van der Waals surface area contributed by atoms with Gasteiger partial charge in [0.25, 0.3) is 5.91 Å². The number of hydrogen-bond donors (Lipinski definition) is 2. The van der Waals surface area contributed by atoms with Crippen LogP contribution in [0.2, 0.25) is 0 Å². The predicted octanol–water partition coefficient (Wildman–Crippen LogP) is 2.44. The van der Waals surface area contributed by atoms with Crippen molar-refractivity contribution in [2.24, 2.45) is 0 Å². The Bertz CT molecular complexity index is 473. The minimum atomic E-state index is -4.58. The van der Waals surface area contributed by atoms with E-state index in [4.69, 9.17) is 10.5 Å². The SMILES string of the molecule is CC(C)OCCNC(=O)c1ccc(N)c(C(F)(F)F)c1. The summed E-state index contributed by atoms with van der Waals surface area (Å²) in [7, 11) is 0. The molecule has 0 heterocycles. The lowest BCUT2D eigenvalue weighted by Crippen LogP contribution is -2.28. The molecule has 0 aliphatic heterocycles. The van der Waals surface area contributed by atoms with E-state index in [2.05, 4.69) is 5.32 Å². The predicted molar refractivity (Wildman–Crippen MR) is 69.3 cm³/mol. The molecule has 0 aliphatic carbocycles. The van der Waals surface area contributed by atoms with Gasteiger partial charge in [0.1, 0.15) is 0 Å². The highest BCUT2D eigenvalue weighted by atomic mass is 19.4. The molecule has 0 radical (unpaired) electrons. The average Bonchev–Trinajstić information content (AvgIpc) is 2.33. The second kappa shape index (κ2) is 6.60. The van der Waals surface area contributed by atoms with Crippen LogP contribution in [0.1, 0.15) is 29.8 Å². The molecule has 0 bridgehead atoms. The summed E-state index contributed by atoms with van der Waals surface area (Å²) in [6.07, 6.45) is -4.55. The van der Waals surface area contributed by atoms with Crippen LogP contribution in [0.15, 0.2) is 18.2 Å². The van der Waals surface area contributed by atoms with Gasteiger partial charge in [0.15, 0.2) is 0 Å². The van der Waals surface area contributed by atoms with Crippen LogP contribution >= 0.6 is 0 Å². The molecule has 0 atom stereocenters. The summed E-state index contributed by atoms with van der Waals surface area (Å²) in [6.45, 7) is 4.21. The smallest absolute Gasteiger partial charge is 0.398 e. The number of alkyl halides is 3. The van der Waals surface area contributed by atoms with Gasteiger partial charge in [0, 0.05) is 17.8 Å². The summed E-state index contributed by atoms with van der Waals surface area (Å²) >= 11 is 0. The van der Waals surface area contributed by atoms with Crippen molar-refractivity contribution in [3.05, 3.63) is 29.3 Å². The fraction of sp³-hybridized carbons (Fsp3) is 0.462. The van der Waals surface area contributed by atoms with Crippen molar-refractivity contribution in [2.75, 3.05) is 18.9 Å². The molecule has 1 aromatic rings. The Morgan fingerprint density at radius 2 is 2.05 bits per heavy atom. The van der Waals surface area contributed by atoms with Gasteiger partial charge in [-0.05, 0) is 32.0 Å².